The van der Waals surface area contributed by atoms with E-state index >= 15 is 0 Å². The molecule has 0 saturated heterocycles. The molecular weight excluding hydrogens is 376 g/mol. The summed E-state index contributed by atoms with van der Waals surface area (Å²) in [7, 11) is 1.54. The van der Waals surface area contributed by atoms with Crippen molar-refractivity contribution in [2.24, 2.45) is 0 Å². The van der Waals surface area contributed by atoms with E-state index in [0.717, 1.165) is 11.3 Å². The fourth-order valence-electron chi connectivity index (χ4n) is 2.55. The second-order valence-electron chi connectivity index (χ2n) is 5.86. The van der Waals surface area contributed by atoms with E-state index in [0.29, 0.717) is 11.7 Å². The first-order chi connectivity index (χ1) is 13.6. The van der Waals surface area contributed by atoms with Crippen LogP contribution in [-0.4, -0.2) is 40.9 Å². The average Bonchev–Trinajstić information content (AvgIpc) is 3.21. The zero-order chi connectivity index (χ0) is 19.9. The molecule has 2 heterocycles. The first-order valence-electron chi connectivity index (χ1n) is 8.65. The summed E-state index contributed by atoms with van der Waals surface area (Å²) in [4.78, 5) is 31.1. The lowest BCUT2D eigenvalue weighted by molar-refractivity contribution is 0.0981. The Morgan fingerprint density at radius 2 is 2.07 bits per heavy atom. The highest BCUT2D eigenvalue weighted by molar-refractivity contribution is 7.14. The van der Waals surface area contributed by atoms with Gasteiger partial charge in [0.1, 0.15) is 5.69 Å². The number of thiazole rings is 1. The summed E-state index contributed by atoms with van der Waals surface area (Å²) in [6.45, 7) is 4.61. The molecule has 7 nitrogen and oxygen atoms in total. The van der Waals surface area contributed by atoms with Crippen molar-refractivity contribution in [3.63, 3.8) is 0 Å². The van der Waals surface area contributed by atoms with E-state index in [2.05, 4.69) is 16.7 Å². The fourth-order valence-corrected chi connectivity index (χ4v) is 3.39. The quantitative estimate of drug-likeness (QED) is 0.547. The van der Waals surface area contributed by atoms with Gasteiger partial charge in [0.2, 0.25) is 0 Å². The van der Waals surface area contributed by atoms with Crippen LogP contribution in [0, 0.1) is 0 Å². The van der Waals surface area contributed by atoms with Gasteiger partial charge in [0.15, 0.2) is 5.13 Å². The molecular formula is C20H20N4O3S. The normalized spacial score (nSPS) is 10.6. The fraction of sp³-hybridized carbons (Fsp3) is 0.200. The van der Waals surface area contributed by atoms with E-state index in [9.17, 15) is 9.59 Å². The van der Waals surface area contributed by atoms with Gasteiger partial charge in [-0.15, -0.1) is 17.9 Å². The van der Waals surface area contributed by atoms with Gasteiger partial charge in [-0.1, -0.05) is 36.4 Å². The standard InChI is InChI=1S/C20H20N4O3S/c1-3-11-23(20-21-17(14-28-20)15-7-5-4-6-8-15)19(26)16-9-10-18(25)24(22-16)12-13-27-2/h3-10,14H,1,11-13H2,2H3. The van der Waals surface area contributed by atoms with Crippen LogP contribution in [0.1, 0.15) is 10.5 Å². The lowest BCUT2D eigenvalue weighted by Crippen LogP contribution is -2.34. The summed E-state index contributed by atoms with van der Waals surface area (Å²) < 4.78 is 6.21. The van der Waals surface area contributed by atoms with Crippen LogP contribution in [0.3, 0.4) is 0 Å². The molecule has 3 rings (SSSR count). The Hall–Kier alpha value is -3.10. The van der Waals surface area contributed by atoms with Crippen molar-refractivity contribution in [3.8, 4) is 11.3 Å². The number of benzene rings is 1. The number of rotatable bonds is 8. The van der Waals surface area contributed by atoms with Crippen LogP contribution in [0.2, 0.25) is 0 Å². The monoisotopic (exact) mass is 396 g/mol. The maximum Gasteiger partial charge on any atom is 0.280 e. The van der Waals surface area contributed by atoms with Crippen LogP contribution in [0.4, 0.5) is 5.13 Å². The van der Waals surface area contributed by atoms with Crippen LogP contribution < -0.4 is 10.5 Å². The first-order valence-corrected chi connectivity index (χ1v) is 9.53. The zero-order valence-electron chi connectivity index (χ0n) is 15.4. The number of aromatic nitrogens is 3. The Morgan fingerprint density at radius 1 is 1.29 bits per heavy atom. The van der Waals surface area contributed by atoms with Gasteiger partial charge < -0.3 is 4.74 Å². The highest BCUT2D eigenvalue weighted by atomic mass is 32.1. The summed E-state index contributed by atoms with van der Waals surface area (Å²) >= 11 is 1.37. The largest absolute Gasteiger partial charge is 0.383 e. The Morgan fingerprint density at radius 3 is 2.79 bits per heavy atom. The molecule has 0 saturated carbocycles. The molecule has 0 aliphatic carbocycles. The number of hydrogen-bond donors (Lipinski definition) is 0. The molecule has 144 valence electrons. The molecule has 0 unspecified atom stereocenters. The molecule has 3 aromatic rings. The van der Waals surface area contributed by atoms with Crippen molar-refractivity contribution in [1.82, 2.24) is 14.8 Å². The van der Waals surface area contributed by atoms with E-state index in [1.807, 2.05) is 35.7 Å². The van der Waals surface area contributed by atoms with Crippen molar-refractivity contribution >= 4 is 22.4 Å². The smallest absolute Gasteiger partial charge is 0.280 e. The molecule has 0 N–H and O–H groups in total. The predicted octanol–water partition coefficient (Wildman–Crippen LogP) is 2.85. The number of nitrogens with zero attached hydrogens (tertiary/aromatic N) is 4. The summed E-state index contributed by atoms with van der Waals surface area (Å²) in [6.07, 6.45) is 1.63. The highest BCUT2D eigenvalue weighted by Gasteiger charge is 2.22. The minimum absolute atomic E-state index is 0.161. The number of hydrogen-bond acceptors (Lipinski definition) is 6. The minimum Gasteiger partial charge on any atom is -0.383 e. The number of anilines is 1. The van der Waals surface area contributed by atoms with Gasteiger partial charge in [-0.05, 0) is 6.07 Å². The lowest BCUT2D eigenvalue weighted by Gasteiger charge is -2.18. The van der Waals surface area contributed by atoms with Crippen LogP contribution in [-0.2, 0) is 11.3 Å². The molecule has 0 aliphatic heterocycles. The summed E-state index contributed by atoms with van der Waals surface area (Å²) in [6, 6.07) is 12.5. The molecule has 0 atom stereocenters. The van der Waals surface area contributed by atoms with Crippen molar-refractivity contribution in [2.75, 3.05) is 25.2 Å². The van der Waals surface area contributed by atoms with E-state index in [4.69, 9.17) is 4.74 Å². The van der Waals surface area contributed by atoms with E-state index in [1.165, 1.54) is 33.1 Å². The molecule has 0 bridgehead atoms. The maximum absolute atomic E-state index is 13.1. The SMILES string of the molecule is C=CCN(C(=O)c1ccc(=O)n(CCOC)n1)c1nc(-c2ccccc2)cs1. The van der Waals surface area contributed by atoms with Gasteiger partial charge >= 0.3 is 0 Å². The second-order valence-corrected chi connectivity index (χ2v) is 6.70. The van der Waals surface area contributed by atoms with Crippen molar-refractivity contribution in [1.29, 1.82) is 0 Å². The second kappa shape index (κ2) is 9.20. The maximum atomic E-state index is 13.1. The van der Waals surface area contributed by atoms with Gasteiger partial charge in [0.25, 0.3) is 11.5 Å². The topological polar surface area (TPSA) is 77.3 Å². The van der Waals surface area contributed by atoms with Gasteiger partial charge in [-0.2, -0.15) is 5.10 Å². The van der Waals surface area contributed by atoms with E-state index in [-0.39, 0.29) is 30.2 Å². The molecule has 1 amide bonds. The molecule has 2 aromatic heterocycles. The summed E-state index contributed by atoms with van der Waals surface area (Å²) in [5.41, 5.74) is 1.64. The van der Waals surface area contributed by atoms with E-state index in [1.54, 1.807) is 13.2 Å². The first kappa shape index (κ1) is 19.7. The number of methoxy groups -OCH3 is 1. The third kappa shape index (κ3) is 4.41. The zero-order valence-corrected chi connectivity index (χ0v) is 16.3. The van der Waals surface area contributed by atoms with Gasteiger partial charge in [0.05, 0.1) is 18.8 Å². The molecule has 0 fully saturated rings. The summed E-state index contributed by atoms with van der Waals surface area (Å²) in [5, 5.41) is 6.62. The molecule has 28 heavy (non-hydrogen) atoms. The number of carbonyl (C=O) groups is 1. The third-order valence-corrected chi connectivity index (χ3v) is 4.81. The Bertz CT molecular complexity index is 1010. The van der Waals surface area contributed by atoms with Crippen molar-refractivity contribution in [2.45, 2.75) is 6.54 Å². The Kier molecular flexibility index (Phi) is 6.46. The molecule has 8 heteroatoms. The van der Waals surface area contributed by atoms with Crippen molar-refractivity contribution < 1.29 is 9.53 Å². The average molecular weight is 396 g/mol. The summed E-state index contributed by atoms with van der Waals surface area (Å²) in [5.74, 6) is -0.347. The number of ether oxygens (including phenoxy) is 1. The minimum atomic E-state index is -0.347. The van der Waals surface area contributed by atoms with Crippen LogP contribution >= 0.6 is 11.3 Å². The Labute approximate surface area is 166 Å². The van der Waals surface area contributed by atoms with Gasteiger partial charge in [0, 0.05) is 30.7 Å². The van der Waals surface area contributed by atoms with Crippen LogP contribution in [0.5, 0.6) is 0 Å². The van der Waals surface area contributed by atoms with Gasteiger partial charge in [-0.25, -0.2) is 9.67 Å². The molecule has 0 aliphatic rings. The third-order valence-electron chi connectivity index (χ3n) is 3.94. The van der Waals surface area contributed by atoms with Crippen LogP contribution in [0.25, 0.3) is 11.3 Å². The van der Waals surface area contributed by atoms with E-state index < -0.39 is 0 Å². The number of carbonyl (C=O) groups excluding carboxylic acids is 1. The molecule has 0 spiro atoms. The molecule has 0 radical (unpaired) electrons. The van der Waals surface area contributed by atoms with Gasteiger partial charge in [-0.3, -0.25) is 14.5 Å². The Balaban J connectivity index is 1.90. The van der Waals surface area contributed by atoms with Crippen molar-refractivity contribution in [3.05, 3.63) is 76.5 Å². The van der Waals surface area contributed by atoms with Crippen LogP contribution in [0.15, 0.2) is 65.3 Å². The number of amides is 1. The lowest BCUT2D eigenvalue weighted by atomic mass is 10.2. The highest BCUT2D eigenvalue weighted by Crippen LogP contribution is 2.28. The predicted molar refractivity (Wildman–Crippen MR) is 110 cm³/mol. The molecule has 1 aromatic carbocycles.